The predicted molar refractivity (Wildman–Crippen MR) is 151 cm³/mol. The normalized spacial score (nSPS) is 11.2. The van der Waals surface area contributed by atoms with Crippen LogP contribution in [0, 0.1) is 0 Å². The summed E-state index contributed by atoms with van der Waals surface area (Å²) in [6.45, 7) is -0.559. The van der Waals surface area contributed by atoms with Crippen molar-refractivity contribution in [1.82, 2.24) is 5.43 Å². The number of halogens is 2. The molecule has 0 spiro atoms. The summed E-state index contributed by atoms with van der Waals surface area (Å²) >= 11 is 12.0. The molecule has 11 heteroatoms. The molecule has 0 saturated heterocycles. The first kappa shape index (κ1) is 27.8. The van der Waals surface area contributed by atoms with Crippen LogP contribution < -0.4 is 14.5 Å². The highest BCUT2D eigenvalue weighted by atomic mass is 35.5. The summed E-state index contributed by atoms with van der Waals surface area (Å²) in [5.41, 5.74) is 3.57. The Bertz CT molecular complexity index is 1590. The molecule has 0 fully saturated rings. The second-order valence-corrected chi connectivity index (χ2v) is 10.8. The molecule has 1 amide bonds. The van der Waals surface area contributed by atoms with Crippen LogP contribution in [0.2, 0.25) is 10.0 Å². The zero-order valence-corrected chi connectivity index (χ0v) is 22.5. The average molecular weight is 582 g/mol. The van der Waals surface area contributed by atoms with Crippen molar-refractivity contribution in [2.75, 3.05) is 10.8 Å². The van der Waals surface area contributed by atoms with Crippen LogP contribution in [0.4, 0.5) is 5.69 Å². The number of esters is 1. The fraction of sp³-hybridized carbons (Fsp3) is 0.0357. The van der Waals surface area contributed by atoms with Crippen molar-refractivity contribution < 1.29 is 22.7 Å². The summed E-state index contributed by atoms with van der Waals surface area (Å²) in [5.74, 6) is -0.825. The Balaban J connectivity index is 1.43. The lowest BCUT2D eigenvalue weighted by Gasteiger charge is -2.23. The Morgan fingerprint density at radius 3 is 2.21 bits per heavy atom. The number of hydrogen-bond acceptors (Lipinski definition) is 6. The lowest BCUT2D eigenvalue weighted by molar-refractivity contribution is -0.119. The van der Waals surface area contributed by atoms with E-state index < -0.39 is 28.4 Å². The first-order valence-electron chi connectivity index (χ1n) is 11.5. The largest absolute Gasteiger partial charge is 0.423 e. The molecule has 0 bridgehead atoms. The van der Waals surface area contributed by atoms with Crippen LogP contribution >= 0.6 is 23.2 Å². The lowest BCUT2D eigenvalue weighted by Crippen LogP contribution is -2.39. The predicted octanol–water partition coefficient (Wildman–Crippen LogP) is 5.56. The van der Waals surface area contributed by atoms with Gasteiger partial charge < -0.3 is 4.74 Å². The molecule has 0 unspecified atom stereocenters. The van der Waals surface area contributed by atoms with E-state index in [9.17, 15) is 18.0 Å². The molecular formula is C28H21Cl2N3O5S. The summed E-state index contributed by atoms with van der Waals surface area (Å²) < 4.78 is 33.0. The number of rotatable bonds is 9. The highest BCUT2D eigenvalue weighted by molar-refractivity contribution is 7.92. The van der Waals surface area contributed by atoms with E-state index >= 15 is 0 Å². The number of nitrogens with zero attached hydrogens (tertiary/aromatic N) is 2. The fourth-order valence-corrected chi connectivity index (χ4v) is 5.11. The van der Waals surface area contributed by atoms with Crippen LogP contribution in [0.5, 0.6) is 5.75 Å². The quantitative estimate of drug-likeness (QED) is 0.121. The van der Waals surface area contributed by atoms with Crippen LogP contribution in [0.25, 0.3) is 0 Å². The lowest BCUT2D eigenvalue weighted by atomic mass is 10.2. The van der Waals surface area contributed by atoms with E-state index in [2.05, 4.69) is 10.5 Å². The molecule has 0 atom stereocenters. The summed E-state index contributed by atoms with van der Waals surface area (Å²) in [6.07, 6.45) is 1.37. The monoisotopic (exact) mass is 581 g/mol. The van der Waals surface area contributed by atoms with Crippen molar-refractivity contribution in [1.29, 1.82) is 0 Å². The van der Waals surface area contributed by atoms with Gasteiger partial charge in [-0.25, -0.2) is 18.6 Å². The number of sulfonamides is 1. The van der Waals surface area contributed by atoms with E-state index in [1.165, 1.54) is 42.6 Å². The van der Waals surface area contributed by atoms with E-state index in [0.717, 1.165) is 4.31 Å². The molecule has 1 N–H and O–H groups in total. The third kappa shape index (κ3) is 7.44. The van der Waals surface area contributed by atoms with Crippen molar-refractivity contribution >= 4 is 57.0 Å². The molecule has 0 heterocycles. The zero-order valence-electron chi connectivity index (χ0n) is 20.2. The maximum atomic E-state index is 13.4. The Morgan fingerprint density at radius 2 is 1.54 bits per heavy atom. The van der Waals surface area contributed by atoms with Crippen molar-refractivity contribution in [2.45, 2.75) is 4.90 Å². The molecule has 8 nitrogen and oxygen atoms in total. The molecule has 0 aliphatic carbocycles. The van der Waals surface area contributed by atoms with Gasteiger partial charge in [0.25, 0.3) is 15.9 Å². The van der Waals surface area contributed by atoms with E-state index in [1.807, 2.05) is 0 Å². The zero-order chi connectivity index (χ0) is 27.8. The molecule has 39 heavy (non-hydrogen) atoms. The molecule has 4 aromatic carbocycles. The van der Waals surface area contributed by atoms with Crippen molar-refractivity contribution in [3.63, 3.8) is 0 Å². The number of anilines is 1. The highest BCUT2D eigenvalue weighted by Crippen LogP contribution is 2.26. The highest BCUT2D eigenvalue weighted by Gasteiger charge is 2.27. The van der Waals surface area contributed by atoms with Crippen molar-refractivity contribution in [2.24, 2.45) is 5.10 Å². The Morgan fingerprint density at radius 1 is 0.846 bits per heavy atom. The molecule has 0 saturated carbocycles. The smallest absolute Gasteiger partial charge is 0.343 e. The summed E-state index contributed by atoms with van der Waals surface area (Å²) in [5, 5.41) is 4.59. The summed E-state index contributed by atoms with van der Waals surface area (Å²) in [7, 11) is -4.13. The third-order valence-electron chi connectivity index (χ3n) is 5.29. The number of hydrogen-bond donors (Lipinski definition) is 1. The standard InChI is InChI=1S/C28H21Cl2N3O5S/c29-22-11-15-26(16-12-22)39(36,37)33(24-8-4-7-23(30)17-24)19-27(34)32-31-18-20-9-13-25(14-10-20)38-28(35)21-5-2-1-3-6-21/h1-18H,19H2,(H,32,34)/b31-18-. The number of benzene rings is 4. The molecular weight excluding hydrogens is 561 g/mol. The minimum Gasteiger partial charge on any atom is -0.423 e. The van der Waals surface area contributed by atoms with Crippen molar-refractivity contribution in [3.05, 3.63) is 124 Å². The summed E-state index contributed by atoms with van der Waals surface area (Å²) in [6, 6.07) is 26.8. The Kier molecular flexibility index (Phi) is 8.98. The average Bonchev–Trinajstić information content (AvgIpc) is 2.93. The first-order valence-corrected chi connectivity index (χ1v) is 13.6. The van der Waals surface area contributed by atoms with Crippen LogP contribution in [-0.2, 0) is 14.8 Å². The minimum atomic E-state index is -4.13. The number of amides is 1. The van der Waals surface area contributed by atoms with Crippen LogP contribution in [0.1, 0.15) is 15.9 Å². The Labute approximate surface area is 235 Å². The maximum absolute atomic E-state index is 13.4. The number of carbonyl (C=O) groups excluding carboxylic acids is 2. The number of nitrogens with one attached hydrogen (secondary N) is 1. The van der Waals surface area contributed by atoms with E-state index in [1.54, 1.807) is 66.7 Å². The summed E-state index contributed by atoms with van der Waals surface area (Å²) in [4.78, 5) is 24.8. The van der Waals surface area contributed by atoms with Gasteiger partial charge in [-0.2, -0.15) is 5.10 Å². The maximum Gasteiger partial charge on any atom is 0.343 e. The van der Waals surface area contributed by atoms with Gasteiger partial charge in [0.1, 0.15) is 12.3 Å². The van der Waals surface area contributed by atoms with Gasteiger partial charge in [0.05, 0.1) is 22.4 Å². The molecule has 198 valence electrons. The van der Waals surface area contributed by atoms with Gasteiger partial charge >= 0.3 is 5.97 Å². The van der Waals surface area contributed by atoms with Crippen molar-refractivity contribution in [3.8, 4) is 5.75 Å². The first-order chi connectivity index (χ1) is 18.7. The van der Waals surface area contributed by atoms with Gasteiger partial charge in [0.15, 0.2) is 0 Å². The molecule has 0 aliphatic rings. The van der Waals surface area contributed by atoms with Crippen LogP contribution in [0.3, 0.4) is 0 Å². The second-order valence-electron chi connectivity index (χ2n) is 8.06. The van der Waals surface area contributed by atoms with Gasteiger partial charge in [0, 0.05) is 10.0 Å². The molecule has 4 aromatic rings. The second kappa shape index (κ2) is 12.6. The molecule has 4 rings (SSSR count). The molecule has 0 aliphatic heterocycles. The van der Waals surface area contributed by atoms with Gasteiger partial charge in [-0.3, -0.25) is 9.10 Å². The van der Waals surface area contributed by atoms with Gasteiger partial charge in [-0.05, 0) is 84.4 Å². The SMILES string of the molecule is O=C(CN(c1cccc(Cl)c1)S(=O)(=O)c1ccc(Cl)cc1)N/N=C\c1ccc(OC(=O)c2ccccc2)cc1. The number of carbonyl (C=O) groups is 2. The van der Waals surface area contributed by atoms with Gasteiger partial charge in [0.2, 0.25) is 0 Å². The van der Waals surface area contributed by atoms with E-state index in [0.29, 0.717) is 26.9 Å². The molecule has 0 aromatic heterocycles. The van der Waals surface area contributed by atoms with Crippen LogP contribution in [-0.4, -0.2) is 33.1 Å². The fourth-order valence-electron chi connectivity index (χ4n) is 3.39. The van der Waals surface area contributed by atoms with Crippen LogP contribution in [0.15, 0.2) is 113 Å². The number of ether oxygens (including phenoxy) is 1. The Hall–Kier alpha value is -4.18. The number of hydrazone groups is 1. The van der Waals surface area contributed by atoms with E-state index in [-0.39, 0.29) is 10.6 Å². The minimum absolute atomic E-state index is 0.0452. The topological polar surface area (TPSA) is 105 Å². The van der Waals surface area contributed by atoms with Gasteiger partial charge in [-0.15, -0.1) is 0 Å². The third-order valence-corrected chi connectivity index (χ3v) is 7.56. The van der Waals surface area contributed by atoms with Gasteiger partial charge in [-0.1, -0.05) is 47.5 Å². The van der Waals surface area contributed by atoms with E-state index in [4.69, 9.17) is 27.9 Å². The molecule has 0 radical (unpaired) electrons.